The first-order valence-electron chi connectivity index (χ1n) is 4.98. The molecule has 1 amide bonds. The Kier molecular flexibility index (Phi) is 3.66. The van der Waals surface area contributed by atoms with Crippen molar-refractivity contribution in [2.75, 3.05) is 17.7 Å². The van der Waals surface area contributed by atoms with E-state index in [0.29, 0.717) is 18.2 Å². The van der Waals surface area contributed by atoms with Crippen LogP contribution in [0, 0.1) is 5.92 Å². The summed E-state index contributed by atoms with van der Waals surface area (Å²) in [6.45, 7) is 4.04. The first-order valence-corrected chi connectivity index (χ1v) is 4.98. The van der Waals surface area contributed by atoms with E-state index in [1.54, 1.807) is 30.3 Å². The van der Waals surface area contributed by atoms with Gasteiger partial charge in [-0.1, -0.05) is 13.8 Å². The normalized spacial score (nSPS) is 10.4. The number of nitrogens with zero attached hydrogens (tertiary/aromatic N) is 2. The standard InChI is InChI=1S/C11H17N3O/c1-8(2)6-11(15)14(3)9-4-5-10(12)13-7-9/h4-5,7-8H,6H2,1-3H3,(H2,12,13). The van der Waals surface area contributed by atoms with Gasteiger partial charge in [0.1, 0.15) is 5.82 Å². The molecule has 0 spiro atoms. The van der Waals surface area contributed by atoms with E-state index in [1.165, 1.54) is 0 Å². The summed E-state index contributed by atoms with van der Waals surface area (Å²) in [5, 5.41) is 0. The maximum atomic E-state index is 11.7. The summed E-state index contributed by atoms with van der Waals surface area (Å²) in [6.07, 6.45) is 2.15. The molecule has 0 bridgehead atoms. The molecule has 0 aromatic carbocycles. The number of nitrogen functional groups attached to an aromatic ring is 1. The molecule has 0 atom stereocenters. The molecule has 0 aliphatic heterocycles. The van der Waals surface area contributed by atoms with Crippen LogP contribution in [0.3, 0.4) is 0 Å². The van der Waals surface area contributed by atoms with Crippen LogP contribution in [-0.2, 0) is 4.79 Å². The summed E-state index contributed by atoms with van der Waals surface area (Å²) in [4.78, 5) is 17.3. The van der Waals surface area contributed by atoms with E-state index in [0.717, 1.165) is 5.69 Å². The molecule has 1 heterocycles. The van der Waals surface area contributed by atoms with Crippen molar-refractivity contribution >= 4 is 17.4 Å². The van der Waals surface area contributed by atoms with Gasteiger partial charge in [-0.25, -0.2) is 4.98 Å². The van der Waals surface area contributed by atoms with Crippen LogP contribution in [-0.4, -0.2) is 17.9 Å². The number of pyridine rings is 1. The zero-order chi connectivity index (χ0) is 11.4. The Balaban J connectivity index is 2.71. The highest BCUT2D eigenvalue weighted by atomic mass is 16.2. The maximum Gasteiger partial charge on any atom is 0.227 e. The molecule has 0 saturated carbocycles. The largest absolute Gasteiger partial charge is 0.384 e. The molecule has 0 radical (unpaired) electrons. The second-order valence-electron chi connectivity index (χ2n) is 3.99. The van der Waals surface area contributed by atoms with Gasteiger partial charge in [-0.05, 0) is 18.1 Å². The molecule has 0 unspecified atom stereocenters. The fourth-order valence-corrected chi connectivity index (χ4v) is 1.23. The Bertz CT molecular complexity index is 332. The molecule has 0 aliphatic carbocycles. The molecule has 1 rings (SSSR count). The zero-order valence-electron chi connectivity index (χ0n) is 9.40. The van der Waals surface area contributed by atoms with E-state index in [9.17, 15) is 4.79 Å². The van der Waals surface area contributed by atoms with Crippen molar-refractivity contribution in [2.45, 2.75) is 20.3 Å². The number of aromatic nitrogens is 1. The average molecular weight is 207 g/mol. The molecule has 0 saturated heterocycles. The van der Waals surface area contributed by atoms with Crippen LogP contribution in [0.1, 0.15) is 20.3 Å². The Morgan fingerprint density at radius 1 is 1.53 bits per heavy atom. The highest BCUT2D eigenvalue weighted by molar-refractivity contribution is 5.92. The summed E-state index contributed by atoms with van der Waals surface area (Å²) in [7, 11) is 1.75. The van der Waals surface area contributed by atoms with E-state index in [-0.39, 0.29) is 5.91 Å². The van der Waals surface area contributed by atoms with Gasteiger partial charge in [0.25, 0.3) is 0 Å². The Morgan fingerprint density at radius 3 is 2.67 bits per heavy atom. The smallest absolute Gasteiger partial charge is 0.227 e. The third-order valence-corrected chi connectivity index (χ3v) is 2.12. The van der Waals surface area contributed by atoms with Gasteiger partial charge < -0.3 is 10.6 Å². The first kappa shape index (κ1) is 11.5. The molecule has 0 fully saturated rings. The lowest BCUT2D eigenvalue weighted by molar-refractivity contribution is -0.119. The molecule has 82 valence electrons. The lowest BCUT2D eigenvalue weighted by Crippen LogP contribution is -2.27. The van der Waals surface area contributed by atoms with E-state index in [2.05, 4.69) is 4.98 Å². The van der Waals surface area contributed by atoms with Gasteiger partial charge in [0, 0.05) is 13.5 Å². The number of anilines is 2. The van der Waals surface area contributed by atoms with E-state index >= 15 is 0 Å². The topological polar surface area (TPSA) is 59.2 Å². The van der Waals surface area contributed by atoms with Crippen LogP contribution in [0.15, 0.2) is 18.3 Å². The van der Waals surface area contributed by atoms with E-state index in [4.69, 9.17) is 5.73 Å². The van der Waals surface area contributed by atoms with Gasteiger partial charge in [-0.2, -0.15) is 0 Å². The van der Waals surface area contributed by atoms with Crippen molar-refractivity contribution < 1.29 is 4.79 Å². The lowest BCUT2D eigenvalue weighted by Gasteiger charge is -2.18. The predicted octanol–water partition coefficient (Wildman–Crippen LogP) is 1.67. The van der Waals surface area contributed by atoms with Crippen molar-refractivity contribution in [3.05, 3.63) is 18.3 Å². The van der Waals surface area contributed by atoms with E-state index < -0.39 is 0 Å². The molecule has 2 N–H and O–H groups in total. The number of carbonyl (C=O) groups is 1. The Morgan fingerprint density at radius 2 is 2.20 bits per heavy atom. The minimum absolute atomic E-state index is 0.0940. The SMILES string of the molecule is CC(C)CC(=O)N(C)c1ccc(N)nc1. The molecule has 0 aliphatic rings. The van der Waals surface area contributed by atoms with E-state index in [1.807, 2.05) is 13.8 Å². The average Bonchev–Trinajstić information content (AvgIpc) is 2.17. The first-order chi connectivity index (χ1) is 7.00. The second-order valence-corrected chi connectivity index (χ2v) is 3.99. The second kappa shape index (κ2) is 4.77. The molecular formula is C11H17N3O. The molecule has 4 heteroatoms. The summed E-state index contributed by atoms with van der Waals surface area (Å²) in [5.74, 6) is 0.918. The van der Waals surface area contributed by atoms with Gasteiger partial charge in [-0.3, -0.25) is 4.79 Å². The van der Waals surface area contributed by atoms with Gasteiger partial charge in [0.2, 0.25) is 5.91 Å². The predicted molar refractivity (Wildman–Crippen MR) is 61.5 cm³/mol. The van der Waals surface area contributed by atoms with Crippen LogP contribution in [0.5, 0.6) is 0 Å². The third kappa shape index (κ3) is 3.23. The molecule has 15 heavy (non-hydrogen) atoms. The summed E-state index contributed by atoms with van der Waals surface area (Å²) in [5.41, 5.74) is 6.24. The van der Waals surface area contributed by atoms with Gasteiger partial charge >= 0.3 is 0 Å². The highest BCUT2D eigenvalue weighted by Gasteiger charge is 2.12. The molecule has 1 aromatic rings. The van der Waals surface area contributed by atoms with Crippen molar-refractivity contribution in [3.8, 4) is 0 Å². The quantitative estimate of drug-likeness (QED) is 0.820. The van der Waals surface area contributed by atoms with Gasteiger partial charge in [0.05, 0.1) is 11.9 Å². The fourth-order valence-electron chi connectivity index (χ4n) is 1.23. The monoisotopic (exact) mass is 207 g/mol. The van der Waals surface area contributed by atoms with Crippen molar-refractivity contribution in [3.63, 3.8) is 0 Å². The number of amides is 1. The van der Waals surface area contributed by atoms with Crippen LogP contribution in [0.4, 0.5) is 11.5 Å². The minimum atomic E-state index is 0.0940. The number of rotatable bonds is 3. The summed E-state index contributed by atoms with van der Waals surface area (Å²) >= 11 is 0. The lowest BCUT2D eigenvalue weighted by atomic mass is 10.1. The minimum Gasteiger partial charge on any atom is -0.384 e. The Hall–Kier alpha value is -1.58. The van der Waals surface area contributed by atoms with Crippen LogP contribution >= 0.6 is 0 Å². The van der Waals surface area contributed by atoms with Crippen molar-refractivity contribution in [2.24, 2.45) is 5.92 Å². The zero-order valence-corrected chi connectivity index (χ0v) is 9.40. The number of carbonyl (C=O) groups excluding carboxylic acids is 1. The van der Waals surface area contributed by atoms with Crippen LogP contribution in [0.2, 0.25) is 0 Å². The third-order valence-electron chi connectivity index (χ3n) is 2.12. The molecule has 1 aromatic heterocycles. The number of hydrogen-bond donors (Lipinski definition) is 1. The van der Waals surface area contributed by atoms with Crippen LogP contribution < -0.4 is 10.6 Å². The van der Waals surface area contributed by atoms with Gasteiger partial charge in [-0.15, -0.1) is 0 Å². The summed E-state index contributed by atoms with van der Waals surface area (Å²) < 4.78 is 0. The van der Waals surface area contributed by atoms with Crippen LogP contribution in [0.25, 0.3) is 0 Å². The van der Waals surface area contributed by atoms with Gasteiger partial charge in [0.15, 0.2) is 0 Å². The highest BCUT2D eigenvalue weighted by Crippen LogP contribution is 2.14. The Labute approximate surface area is 90.1 Å². The fraction of sp³-hybridized carbons (Fsp3) is 0.455. The summed E-state index contributed by atoms with van der Waals surface area (Å²) in [6, 6.07) is 3.48. The number of hydrogen-bond acceptors (Lipinski definition) is 3. The van der Waals surface area contributed by atoms with Crippen molar-refractivity contribution in [1.82, 2.24) is 4.98 Å². The molecule has 4 nitrogen and oxygen atoms in total. The molecular weight excluding hydrogens is 190 g/mol. The maximum absolute atomic E-state index is 11.7. The van der Waals surface area contributed by atoms with Crippen molar-refractivity contribution in [1.29, 1.82) is 0 Å². The number of nitrogens with two attached hydrogens (primary N) is 1.